The highest BCUT2D eigenvalue weighted by molar-refractivity contribution is 6.02. The fourth-order valence-electron chi connectivity index (χ4n) is 3.35. The highest BCUT2D eigenvalue weighted by Gasteiger charge is 2.24. The van der Waals surface area contributed by atoms with Gasteiger partial charge in [-0.05, 0) is 29.2 Å². The highest BCUT2D eigenvalue weighted by Crippen LogP contribution is 2.26. The molecule has 0 radical (unpaired) electrons. The van der Waals surface area contributed by atoms with Crippen molar-refractivity contribution in [1.29, 1.82) is 0 Å². The van der Waals surface area contributed by atoms with Crippen LogP contribution in [0.3, 0.4) is 0 Å². The summed E-state index contributed by atoms with van der Waals surface area (Å²) in [5, 5.41) is 15.4. The molecule has 2 aromatic carbocycles. The first-order valence-corrected chi connectivity index (χ1v) is 9.47. The lowest BCUT2D eigenvalue weighted by atomic mass is 10.0. The van der Waals surface area contributed by atoms with Gasteiger partial charge in [-0.15, -0.1) is 0 Å². The second-order valence-electron chi connectivity index (χ2n) is 6.97. The number of carboxylic acid groups (broad SMARTS) is 1. The molecule has 0 saturated heterocycles. The predicted octanol–water partition coefficient (Wildman–Crippen LogP) is 2.60. The molecule has 1 aliphatic rings. The van der Waals surface area contributed by atoms with Crippen LogP contribution in [0.25, 0.3) is 0 Å². The van der Waals surface area contributed by atoms with E-state index in [4.69, 9.17) is 0 Å². The molecule has 3 N–H and O–H groups in total. The summed E-state index contributed by atoms with van der Waals surface area (Å²) in [6, 6.07) is 11.7. The molecule has 0 aromatic heterocycles. The molecule has 2 aromatic rings. The van der Waals surface area contributed by atoms with Crippen LogP contribution in [0.15, 0.2) is 42.5 Å². The Morgan fingerprint density at radius 1 is 1.11 bits per heavy atom. The number of para-hydroxylation sites is 1. The number of carboxylic acids is 1. The Hall–Kier alpha value is -3.15. The van der Waals surface area contributed by atoms with Crippen molar-refractivity contribution in [3.8, 4) is 0 Å². The van der Waals surface area contributed by atoms with Gasteiger partial charge in [-0.2, -0.15) is 0 Å². The zero-order chi connectivity index (χ0) is 20.1. The molecule has 1 atom stereocenters. The summed E-state index contributed by atoms with van der Waals surface area (Å²) in [5.41, 5.74) is 4.01. The van der Waals surface area contributed by atoms with Crippen LogP contribution in [0.2, 0.25) is 0 Å². The van der Waals surface area contributed by atoms with Crippen LogP contribution in [0, 0.1) is 0 Å². The Balaban J connectivity index is 1.69. The number of carbonyl (C=O) groups is 3. The van der Waals surface area contributed by atoms with Gasteiger partial charge in [-0.1, -0.05) is 43.3 Å². The minimum atomic E-state index is -1.08. The number of carbonyl (C=O) groups excluding carboxylic acids is 2. The molecule has 0 fully saturated rings. The van der Waals surface area contributed by atoms with Gasteiger partial charge >= 0.3 is 5.97 Å². The normalized spacial score (nSPS) is 13.3. The van der Waals surface area contributed by atoms with Crippen LogP contribution in [0.1, 0.15) is 40.4 Å². The fraction of sp³-hybridized carbons (Fsp3) is 0.318. The minimum absolute atomic E-state index is 0.160. The van der Waals surface area contributed by atoms with Crippen molar-refractivity contribution < 1.29 is 19.5 Å². The molecule has 0 bridgehead atoms. The molecule has 0 aliphatic carbocycles. The van der Waals surface area contributed by atoms with Gasteiger partial charge in [0, 0.05) is 25.8 Å². The quantitative estimate of drug-likeness (QED) is 0.654. The maximum absolute atomic E-state index is 12.7. The molecule has 6 heteroatoms. The predicted molar refractivity (Wildman–Crippen MR) is 107 cm³/mol. The van der Waals surface area contributed by atoms with Crippen LogP contribution < -0.4 is 10.6 Å². The molecule has 28 heavy (non-hydrogen) atoms. The van der Waals surface area contributed by atoms with Crippen molar-refractivity contribution in [2.75, 3.05) is 11.9 Å². The lowest BCUT2D eigenvalue weighted by Crippen LogP contribution is -2.42. The molecule has 6 nitrogen and oxygen atoms in total. The number of hydrogen-bond donors (Lipinski definition) is 3. The Kier molecular flexibility index (Phi) is 6.09. The average molecular weight is 380 g/mol. The van der Waals surface area contributed by atoms with E-state index < -0.39 is 17.9 Å². The molecule has 1 amide bonds. The second kappa shape index (κ2) is 8.69. The summed E-state index contributed by atoms with van der Waals surface area (Å²) in [7, 11) is 0. The summed E-state index contributed by atoms with van der Waals surface area (Å²) in [5.74, 6) is -1.32. The van der Waals surface area contributed by atoms with Crippen LogP contribution in [0.4, 0.5) is 5.69 Å². The standard InChI is InChI=1S/C22H24N2O4/c1-2-17(25)12-14-6-8-15(9-7-14)13-19(22(27)28)24-21(26)18-5-3-4-16-10-11-23-20(16)18/h3-9,19,23H,2,10-13H2,1H3,(H,24,26)(H,27,28)/t19-/m0/s1. The smallest absolute Gasteiger partial charge is 0.326 e. The maximum atomic E-state index is 12.7. The molecule has 146 valence electrons. The molecule has 0 unspecified atom stereocenters. The van der Waals surface area contributed by atoms with E-state index >= 15 is 0 Å². The van der Waals surface area contributed by atoms with Crippen LogP contribution in [-0.4, -0.2) is 35.4 Å². The molecule has 0 saturated carbocycles. The number of Topliss-reactive ketones (excluding diaryl/α,β-unsaturated/α-hetero) is 1. The van der Waals surface area contributed by atoms with E-state index in [1.807, 2.05) is 43.3 Å². The first kappa shape index (κ1) is 19.6. The Bertz CT molecular complexity index is 890. The number of aliphatic carboxylic acids is 1. The SMILES string of the molecule is CCC(=O)Cc1ccc(C[C@H](NC(=O)c2cccc3c2NCC3)C(=O)O)cc1. The third-order valence-electron chi connectivity index (χ3n) is 4.95. The largest absolute Gasteiger partial charge is 0.480 e. The van der Waals surface area contributed by atoms with Gasteiger partial charge in [0.25, 0.3) is 5.91 Å². The molecule has 1 aliphatic heterocycles. The summed E-state index contributed by atoms with van der Waals surface area (Å²) < 4.78 is 0. The topological polar surface area (TPSA) is 95.5 Å². The Labute approximate surface area is 164 Å². The minimum Gasteiger partial charge on any atom is -0.480 e. The first-order chi connectivity index (χ1) is 13.5. The maximum Gasteiger partial charge on any atom is 0.326 e. The van der Waals surface area contributed by atoms with Crippen molar-refractivity contribution in [2.24, 2.45) is 0 Å². The van der Waals surface area contributed by atoms with Gasteiger partial charge in [-0.3, -0.25) is 9.59 Å². The van der Waals surface area contributed by atoms with Crippen molar-refractivity contribution in [2.45, 2.75) is 38.6 Å². The van der Waals surface area contributed by atoms with Crippen LogP contribution >= 0.6 is 0 Å². The van der Waals surface area contributed by atoms with E-state index in [0.29, 0.717) is 18.4 Å². The highest BCUT2D eigenvalue weighted by atomic mass is 16.4. The van der Waals surface area contributed by atoms with Gasteiger partial charge in [0.05, 0.1) is 11.3 Å². The molecular formula is C22H24N2O4. The number of anilines is 1. The molecular weight excluding hydrogens is 356 g/mol. The van der Waals surface area contributed by atoms with E-state index in [2.05, 4.69) is 10.6 Å². The van der Waals surface area contributed by atoms with Gasteiger partial charge in [0.15, 0.2) is 0 Å². The van der Waals surface area contributed by atoms with Crippen molar-refractivity contribution in [3.63, 3.8) is 0 Å². The lowest BCUT2D eigenvalue weighted by molar-refractivity contribution is -0.139. The fourth-order valence-corrected chi connectivity index (χ4v) is 3.35. The van der Waals surface area contributed by atoms with Gasteiger partial charge in [-0.25, -0.2) is 4.79 Å². The summed E-state index contributed by atoms with van der Waals surface area (Å²) in [6.45, 7) is 2.60. The molecule has 0 spiro atoms. The van der Waals surface area contributed by atoms with E-state index in [1.54, 1.807) is 6.07 Å². The number of amides is 1. The van der Waals surface area contributed by atoms with Crippen LogP contribution in [0.5, 0.6) is 0 Å². The first-order valence-electron chi connectivity index (χ1n) is 9.47. The number of benzene rings is 2. The summed E-state index contributed by atoms with van der Waals surface area (Å²) in [6.07, 6.45) is 1.89. The molecule has 1 heterocycles. The van der Waals surface area contributed by atoms with Crippen LogP contribution in [-0.2, 0) is 28.9 Å². The zero-order valence-corrected chi connectivity index (χ0v) is 15.8. The molecule has 3 rings (SSSR count). The number of nitrogens with one attached hydrogen (secondary N) is 2. The number of rotatable bonds is 8. The van der Waals surface area contributed by atoms with Crippen molar-refractivity contribution in [3.05, 3.63) is 64.7 Å². The Morgan fingerprint density at radius 3 is 2.50 bits per heavy atom. The zero-order valence-electron chi connectivity index (χ0n) is 15.8. The Morgan fingerprint density at radius 2 is 1.82 bits per heavy atom. The van der Waals surface area contributed by atoms with E-state index in [0.717, 1.165) is 35.3 Å². The lowest BCUT2D eigenvalue weighted by Gasteiger charge is -2.16. The van der Waals surface area contributed by atoms with E-state index in [-0.39, 0.29) is 12.2 Å². The average Bonchev–Trinajstić information content (AvgIpc) is 3.17. The number of ketones is 1. The van der Waals surface area contributed by atoms with Crippen molar-refractivity contribution in [1.82, 2.24) is 5.32 Å². The van der Waals surface area contributed by atoms with Crippen molar-refractivity contribution >= 4 is 23.3 Å². The van der Waals surface area contributed by atoms with E-state index in [1.165, 1.54) is 0 Å². The summed E-state index contributed by atoms with van der Waals surface area (Å²) in [4.78, 5) is 35.9. The van der Waals surface area contributed by atoms with Gasteiger partial charge < -0.3 is 15.7 Å². The number of fused-ring (bicyclic) bond motifs is 1. The monoisotopic (exact) mass is 380 g/mol. The third-order valence-corrected chi connectivity index (χ3v) is 4.95. The summed E-state index contributed by atoms with van der Waals surface area (Å²) >= 11 is 0. The second-order valence-corrected chi connectivity index (χ2v) is 6.97. The van der Waals surface area contributed by atoms with Gasteiger partial charge in [0.1, 0.15) is 11.8 Å². The van der Waals surface area contributed by atoms with E-state index in [9.17, 15) is 19.5 Å². The van der Waals surface area contributed by atoms with Gasteiger partial charge in [0.2, 0.25) is 0 Å². The number of hydrogen-bond acceptors (Lipinski definition) is 4. The third kappa shape index (κ3) is 4.57.